The number of carbonyl (C=O) groups is 1. The highest BCUT2D eigenvalue weighted by molar-refractivity contribution is 5.82. The molecule has 1 atom stereocenters. The average Bonchev–Trinajstić information content (AvgIpc) is 3.36. The summed E-state index contributed by atoms with van der Waals surface area (Å²) in [5.41, 5.74) is 6.42. The Morgan fingerprint density at radius 2 is 1.81 bits per heavy atom. The van der Waals surface area contributed by atoms with E-state index < -0.39 is 0 Å². The van der Waals surface area contributed by atoms with E-state index >= 15 is 0 Å². The zero-order chi connectivity index (χ0) is 24.7. The summed E-state index contributed by atoms with van der Waals surface area (Å²) in [5.74, 6) is 0.0477. The lowest BCUT2D eigenvalue weighted by molar-refractivity contribution is -0.127. The van der Waals surface area contributed by atoms with Crippen LogP contribution in [0, 0.1) is 11.3 Å². The van der Waals surface area contributed by atoms with Gasteiger partial charge in [-0.2, -0.15) is 5.26 Å². The van der Waals surface area contributed by atoms with Crippen molar-refractivity contribution in [2.75, 3.05) is 6.54 Å². The second-order valence-corrected chi connectivity index (χ2v) is 9.12. The molecule has 5 rings (SSSR count). The number of nitrogens with one attached hydrogen (secondary N) is 1. The number of imidazole rings is 1. The maximum absolute atomic E-state index is 13.4. The van der Waals surface area contributed by atoms with Crippen LogP contribution in [-0.2, 0) is 37.3 Å². The Balaban J connectivity index is 1.22. The maximum Gasteiger partial charge on any atom is 0.237 e. The van der Waals surface area contributed by atoms with Gasteiger partial charge in [0.05, 0.1) is 24.0 Å². The molecule has 0 radical (unpaired) electrons. The normalized spacial score (nSPS) is 15.1. The zero-order valence-corrected chi connectivity index (χ0v) is 20.0. The Labute approximate surface area is 211 Å². The van der Waals surface area contributed by atoms with Crippen LogP contribution < -0.4 is 5.32 Å². The van der Waals surface area contributed by atoms with Crippen molar-refractivity contribution >= 4 is 5.91 Å². The van der Waals surface area contributed by atoms with Crippen LogP contribution in [0.25, 0.3) is 0 Å². The lowest BCUT2D eigenvalue weighted by atomic mass is 9.93. The van der Waals surface area contributed by atoms with Gasteiger partial charge in [-0.3, -0.25) is 14.7 Å². The molecule has 1 N–H and O–H groups in total. The Morgan fingerprint density at radius 1 is 0.972 bits per heavy atom. The molecule has 3 heterocycles. The molecule has 36 heavy (non-hydrogen) atoms. The van der Waals surface area contributed by atoms with Crippen LogP contribution >= 0.6 is 0 Å². The van der Waals surface area contributed by atoms with E-state index in [2.05, 4.69) is 55.1 Å². The van der Waals surface area contributed by atoms with E-state index in [1.807, 2.05) is 55.1 Å². The van der Waals surface area contributed by atoms with Crippen molar-refractivity contribution in [3.8, 4) is 6.07 Å². The number of aromatic nitrogens is 3. The van der Waals surface area contributed by atoms with Gasteiger partial charge in [0.15, 0.2) is 0 Å². The highest BCUT2D eigenvalue weighted by atomic mass is 16.2. The summed E-state index contributed by atoms with van der Waals surface area (Å²) in [6.07, 6.45) is 8.67. The van der Waals surface area contributed by atoms with Crippen molar-refractivity contribution in [1.82, 2.24) is 24.8 Å². The monoisotopic (exact) mass is 476 g/mol. The first kappa shape index (κ1) is 23.5. The number of hydrogen-bond donors (Lipinski definition) is 1. The standard InChI is InChI=1S/C29H28N6O/c30-15-22-7-9-23(10-8-22)18-35-21-32-17-27(35)11-13-33-29(36)28-14-25-5-1-2-6-26(25)20-34(28)19-24-4-3-12-31-16-24/h1-10,12,16-17,21,28H,11,13-14,18-20H2,(H,33,36)/t28-/m0/s1. The molecule has 7 nitrogen and oxygen atoms in total. The topological polar surface area (TPSA) is 86.8 Å². The molecule has 0 unspecified atom stereocenters. The van der Waals surface area contributed by atoms with Gasteiger partial charge in [0.2, 0.25) is 5.91 Å². The summed E-state index contributed by atoms with van der Waals surface area (Å²) in [5, 5.41) is 12.2. The minimum absolute atomic E-state index is 0.0477. The maximum atomic E-state index is 13.4. The molecular weight excluding hydrogens is 448 g/mol. The largest absolute Gasteiger partial charge is 0.354 e. The number of hydrogen-bond acceptors (Lipinski definition) is 5. The molecule has 2 aromatic heterocycles. The van der Waals surface area contributed by atoms with Gasteiger partial charge in [0.25, 0.3) is 0 Å². The lowest BCUT2D eigenvalue weighted by Gasteiger charge is -2.36. The van der Waals surface area contributed by atoms with E-state index in [1.165, 1.54) is 11.1 Å². The van der Waals surface area contributed by atoms with Crippen LogP contribution in [0.15, 0.2) is 85.6 Å². The number of pyridine rings is 1. The van der Waals surface area contributed by atoms with Gasteiger partial charge in [-0.05, 0) is 46.9 Å². The fourth-order valence-corrected chi connectivity index (χ4v) is 4.74. The fourth-order valence-electron chi connectivity index (χ4n) is 4.74. The van der Waals surface area contributed by atoms with Gasteiger partial charge < -0.3 is 9.88 Å². The molecule has 180 valence electrons. The summed E-state index contributed by atoms with van der Waals surface area (Å²) in [7, 11) is 0. The SMILES string of the molecule is N#Cc1ccc(Cn2cncc2CCNC(=O)[C@@H]2Cc3ccccc3CN2Cc2cccnc2)cc1. The lowest BCUT2D eigenvalue weighted by Crippen LogP contribution is -2.50. The molecule has 0 saturated heterocycles. The Bertz CT molecular complexity index is 1360. The van der Waals surface area contributed by atoms with Crippen LogP contribution in [0.2, 0.25) is 0 Å². The molecule has 2 aromatic carbocycles. The third kappa shape index (κ3) is 5.51. The van der Waals surface area contributed by atoms with Gasteiger partial charge >= 0.3 is 0 Å². The first-order valence-electron chi connectivity index (χ1n) is 12.1. The number of amides is 1. The second kappa shape index (κ2) is 11.0. The smallest absolute Gasteiger partial charge is 0.237 e. The van der Waals surface area contributed by atoms with Crippen molar-refractivity contribution in [3.63, 3.8) is 0 Å². The van der Waals surface area contributed by atoms with E-state index in [-0.39, 0.29) is 11.9 Å². The molecule has 1 aliphatic heterocycles. The van der Waals surface area contributed by atoms with Crippen molar-refractivity contribution in [1.29, 1.82) is 5.26 Å². The Morgan fingerprint density at radius 3 is 2.58 bits per heavy atom. The van der Waals surface area contributed by atoms with Gasteiger partial charge in [-0.1, -0.05) is 42.5 Å². The number of nitrogens with zero attached hydrogens (tertiary/aromatic N) is 5. The number of fused-ring (bicyclic) bond motifs is 1. The van der Waals surface area contributed by atoms with Gasteiger partial charge in [-0.15, -0.1) is 0 Å². The highest BCUT2D eigenvalue weighted by Gasteiger charge is 2.31. The number of carbonyl (C=O) groups excluding carboxylic acids is 1. The van der Waals surface area contributed by atoms with Crippen LogP contribution in [0.5, 0.6) is 0 Å². The molecule has 0 spiro atoms. The number of rotatable bonds is 8. The van der Waals surface area contributed by atoms with Crippen molar-refractivity contribution in [2.45, 2.75) is 38.5 Å². The second-order valence-electron chi connectivity index (χ2n) is 9.12. The fraction of sp³-hybridized carbons (Fsp3) is 0.241. The van der Waals surface area contributed by atoms with Gasteiger partial charge in [0.1, 0.15) is 0 Å². The molecule has 0 saturated carbocycles. The average molecular weight is 477 g/mol. The number of benzene rings is 2. The third-order valence-electron chi connectivity index (χ3n) is 6.67. The van der Waals surface area contributed by atoms with E-state index in [0.717, 1.165) is 23.4 Å². The van der Waals surface area contributed by atoms with Crippen LogP contribution in [-0.4, -0.2) is 37.9 Å². The van der Waals surface area contributed by atoms with E-state index in [9.17, 15) is 4.79 Å². The molecule has 7 heteroatoms. The van der Waals surface area contributed by atoms with Crippen LogP contribution in [0.3, 0.4) is 0 Å². The molecule has 1 amide bonds. The van der Waals surface area contributed by atoms with E-state index in [0.29, 0.717) is 38.0 Å². The third-order valence-corrected chi connectivity index (χ3v) is 6.67. The molecule has 1 aliphatic rings. The van der Waals surface area contributed by atoms with Crippen molar-refractivity contribution in [3.05, 3.63) is 119 Å². The summed E-state index contributed by atoms with van der Waals surface area (Å²) < 4.78 is 2.08. The van der Waals surface area contributed by atoms with E-state index in [1.54, 1.807) is 6.20 Å². The molecular formula is C29H28N6O. The van der Waals surface area contributed by atoms with Crippen molar-refractivity contribution < 1.29 is 4.79 Å². The van der Waals surface area contributed by atoms with Crippen LogP contribution in [0.1, 0.15) is 33.5 Å². The summed E-state index contributed by atoms with van der Waals surface area (Å²) in [4.78, 5) is 24.1. The highest BCUT2D eigenvalue weighted by Crippen LogP contribution is 2.25. The molecule has 0 aliphatic carbocycles. The Kier molecular flexibility index (Phi) is 7.15. The molecule has 0 fully saturated rings. The minimum Gasteiger partial charge on any atom is -0.354 e. The first-order chi connectivity index (χ1) is 17.7. The van der Waals surface area contributed by atoms with Crippen molar-refractivity contribution in [2.24, 2.45) is 0 Å². The predicted octanol–water partition coefficient (Wildman–Crippen LogP) is 3.48. The summed E-state index contributed by atoms with van der Waals surface area (Å²) in [6, 6.07) is 21.8. The van der Waals surface area contributed by atoms with Crippen LogP contribution in [0.4, 0.5) is 0 Å². The first-order valence-corrected chi connectivity index (χ1v) is 12.1. The Hall–Kier alpha value is -4.28. The number of nitriles is 1. The minimum atomic E-state index is -0.233. The quantitative estimate of drug-likeness (QED) is 0.421. The predicted molar refractivity (Wildman–Crippen MR) is 137 cm³/mol. The summed E-state index contributed by atoms with van der Waals surface area (Å²) in [6.45, 7) is 2.63. The van der Waals surface area contributed by atoms with E-state index in [4.69, 9.17) is 5.26 Å². The molecule has 0 bridgehead atoms. The zero-order valence-electron chi connectivity index (χ0n) is 20.0. The van der Waals surface area contributed by atoms with Gasteiger partial charge in [0, 0.05) is 56.9 Å². The molecule has 4 aromatic rings. The summed E-state index contributed by atoms with van der Waals surface area (Å²) >= 11 is 0. The van der Waals surface area contributed by atoms with Gasteiger partial charge in [-0.25, -0.2) is 4.98 Å².